The second-order valence-corrected chi connectivity index (χ2v) is 10.0. The Balaban J connectivity index is 1.87. The van der Waals surface area contributed by atoms with E-state index in [1.807, 2.05) is 18.2 Å². The summed E-state index contributed by atoms with van der Waals surface area (Å²) in [4.78, 5) is 12.1. The van der Waals surface area contributed by atoms with Gasteiger partial charge in [0.25, 0.3) is 0 Å². The van der Waals surface area contributed by atoms with Crippen molar-refractivity contribution < 1.29 is 14.3 Å². The molecule has 0 aliphatic carbocycles. The Morgan fingerprint density at radius 1 is 0.750 bits per heavy atom. The number of carbonyl (C=O) groups is 1. The first kappa shape index (κ1) is 32.1. The van der Waals surface area contributed by atoms with Gasteiger partial charge in [-0.15, -0.1) is 0 Å². The van der Waals surface area contributed by atoms with Crippen LogP contribution in [0.5, 0.6) is 11.5 Å². The van der Waals surface area contributed by atoms with Gasteiger partial charge in [-0.25, -0.2) is 0 Å². The Hall–Kier alpha value is -1.97. The fourth-order valence-electron chi connectivity index (χ4n) is 4.55. The van der Waals surface area contributed by atoms with E-state index in [4.69, 9.17) is 9.47 Å². The highest BCUT2D eigenvalue weighted by atomic mass is 16.5. The van der Waals surface area contributed by atoms with Gasteiger partial charge in [0.2, 0.25) is 5.91 Å². The van der Waals surface area contributed by atoms with E-state index in [-0.39, 0.29) is 5.91 Å². The van der Waals surface area contributed by atoms with Crippen molar-refractivity contribution in [3.05, 3.63) is 35.9 Å². The quantitative estimate of drug-likeness (QED) is 0.114. The second-order valence-electron chi connectivity index (χ2n) is 10.0. The predicted molar refractivity (Wildman–Crippen MR) is 154 cm³/mol. The molecule has 0 unspecified atom stereocenters. The van der Waals surface area contributed by atoms with Gasteiger partial charge in [-0.3, -0.25) is 4.79 Å². The van der Waals surface area contributed by atoms with Gasteiger partial charge in [-0.2, -0.15) is 0 Å². The van der Waals surface area contributed by atoms with Crippen LogP contribution < -0.4 is 14.8 Å². The van der Waals surface area contributed by atoms with Crippen molar-refractivity contribution >= 4 is 5.91 Å². The van der Waals surface area contributed by atoms with Gasteiger partial charge in [0.05, 0.1) is 14.2 Å². The molecule has 1 amide bonds. The second kappa shape index (κ2) is 23.4. The van der Waals surface area contributed by atoms with E-state index >= 15 is 0 Å². The van der Waals surface area contributed by atoms with Crippen LogP contribution in [0.1, 0.15) is 128 Å². The zero-order valence-electron chi connectivity index (χ0n) is 23.8. The van der Waals surface area contributed by atoms with E-state index in [2.05, 4.69) is 24.4 Å². The fraction of sp³-hybridized carbons (Fsp3) is 0.719. The number of hydrogen-bond acceptors (Lipinski definition) is 3. The first-order valence-corrected chi connectivity index (χ1v) is 14.8. The molecule has 0 bridgehead atoms. The third kappa shape index (κ3) is 17.5. The number of allylic oxidation sites excluding steroid dienone is 2. The van der Waals surface area contributed by atoms with E-state index < -0.39 is 0 Å². The Labute approximate surface area is 222 Å². The molecule has 4 heteroatoms. The van der Waals surface area contributed by atoms with Crippen LogP contribution in [0.25, 0.3) is 0 Å². The first-order valence-electron chi connectivity index (χ1n) is 14.8. The van der Waals surface area contributed by atoms with E-state index in [1.54, 1.807) is 14.2 Å². The van der Waals surface area contributed by atoms with E-state index in [0.717, 1.165) is 36.3 Å². The summed E-state index contributed by atoms with van der Waals surface area (Å²) in [6.45, 7) is 2.91. The molecule has 0 heterocycles. The summed E-state index contributed by atoms with van der Waals surface area (Å²) < 4.78 is 10.7. The number of hydrogen-bond donors (Lipinski definition) is 1. The molecule has 0 aromatic heterocycles. The van der Waals surface area contributed by atoms with Crippen molar-refractivity contribution in [2.75, 3.05) is 20.8 Å². The lowest BCUT2D eigenvalue weighted by atomic mass is 10.1. The summed E-state index contributed by atoms with van der Waals surface area (Å²) in [6.07, 6.45) is 28.5. The van der Waals surface area contributed by atoms with Crippen LogP contribution >= 0.6 is 0 Å². The predicted octanol–water partition coefficient (Wildman–Crippen LogP) is 8.96. The molecule has 0 spiro atoms. The minimum atomic E-state index is 0.156. The summed E-state index contributed by atoms with van der Waals surface area (Å²) >= 11 is 0. The molecule has 1 aromatic carbocycles. The molecule has 0 fully saturated rings. The molecule has 0 saturated carbocycles. The average Bonchev–Trinajstić information content (AvgIpc) is 2.90. The molecule has 4 nitrogen and oxygen atoms in total. The maximum Gasteiger partial charge on any atom is 0.220 e. The fourth-order valence-corrected chi connectivity index (χ4v) is 4.55. The minimum absolute atomic E-state index is 0.156. The smallest absolute Gasteiger partial charge is 0.220 e. The molecule has 1 aromatic rings. The zero-order chi connectivity index (χ0) is 26.1. The highest BCUT2D eigenvalue weighted by molar-refractivity contribution is 5.75. The van der Waals surface area contributed by atoms with Crippen LogP contribution in [0.3, 0.4) is 0 Å². The monoisotopic (exact) mass is 501 g/mol. The molecule has 0 saturated heterocycles. The van der Waals surface area contributed by atoms with Crippen molar-refractivity contribution in [1.29, 1.82) is 0 Å². The van der Waals surface area contributed by atoms with Gasteiger partial charge in [0.15, 0.2) is 0 Å². The summed E-state index contributed by atoms with van der Waals surface area (Å²) in [5.41, 5.74) is 1.08. The van der Waals surface area contributed by atoms with Gasteiger partial charge in [0, 0.05) is 19.0 Å². The summed E-state index contributed by atoms with van der Waals surface area (Å²) in [6, 6.07) is 5.81. The topological polar surface area (TPSA) is 47.6 Å². The third-order valence-corrected chi connectivity index (χ3v) is 6.88. The summed E-state index contributed by atoms with van der Waals surface area (Å²) in [7, 11) is 3.31. The van der Waals surface area contributed by atoms with Crippen LogP contribution in [0, 0.1) is 0 Å². The Bertz CT molecular complexity index is 686. The molecule has 0 radical (unpaired) electrons. The molecule has 0 aliphatic heterocycles. The van der Waals surface area contributed by atoms with Gasteiger partial charge in [0.1, 0.15) is 11.5 Å². The van der Waals surface area contributed by atoms with Crippen LogP contribution in [0.15, 0.2) is 30.4 Å². The van der Waals surface area contributed by atoms with Crippen molar-refractivity contribution in [2.45, 2.75) is 129 Å². The number of rotatable bonds is 24. The SMILES string of the molecule is CCCCCCCC/C=C\CCCCCCCCCCCC(=O)NCCc1ccc(OC)cc1OC. The number of amides is 1. The molecule has 0 atom stereocenters. The molecule has 206 valence electrons. The van der Waals surface area contributed by atoms with Crippen LogP contribution in [-0.2, 0) is 11.2 Å². The molecular formula is C32H55NO3. The number of benzene rings is 1. The maximum atomic E-state index is 12.1. The standard InChI is InChI=1S/C32H55NO3/c1-4-5-6-7-8-9-10-11-12-13-14-15-16-17-18-19-20-21-22-23-32(34)33-27-26-29-24-25-30(35-2)28-31(29)36-3/h11-12,24-25,28H,4-10,13-23,26-27H2,1-3H3,(H,33,34)/b12-11-. The maximum absolute atomic E-state index is 12.1. The highest BCUT2D eigenvalue weighted by Crippen LogP contribution is 2.24. The van der Waals surface area contributed by atoms with E-state index in [9.17, 15) is 4.79 Å². The number of unbranched alkanes of at least 4 members (excludes halogenated alkanes) is 15. The van der Waals surface area contributed by atoms with Crippen LogP contribution in [0.2, 0.25) is 0 Å². The van der Waals surface area contributed by atoms with Crippen LogP contribution in [0.4, 0.5) is 0 Å². The minimum Gasteiger partial charge on any atom is -0.497 e. The molecule has 36 heavy (non-hydrogen) atoms. The Kier molecular flexibility index (Phi) is 20.9. The van der Waals surface area contributed by atoms with Gasteiger partial charge in [-0.05, 0) is 50.2 Å². The number of ether oxygens (including phenoxy) is 2. The van der Waals surface area contributed by atoms with E-state index in [0.29, 0.717) is 13.0 Å². The molecular weight excluding hydrogens is 446 g/mol. The molecule has 1 rings (SSSR count). The highest BCUT2D eigenvalue weighted by Gasteiger charge is 2.06. The summed E-state index contributed by atoms with van der Waals surface area (Å²) in [5.74, 6) is 1.74. The van der Waals surface area contributed by atoms with Crippen molar-refractivity contribution in [3.8, 4) is 11.5 Å². The number of nitrogens with one attached hydrogen (secondary N) is 1. The Morgan fingerprint density at radius 3 is 1.86 bits per heavy atom. The van der Waals surface area contributed by atoms with Gasteiger partial charge in [-0.1, -0.05) is 102 Å². The Morgan fingerprint density at radius 2 is 1.31 bits per heavy atom. The normalized spacial score (nSPS) is 11.2. The molecule has 1 N–H and O–H groups in total. The summed E-state index contributed by atoms with van der Waals surface area (Å²) in [5, 5.41) is 3.04. The first-order chi connectivity index (χ1) is 17.7. The van der Waals surface area contributed by atoms with Crippen molar-refractivity contribution in [3.63, 3.8) is 0 Å². The average molecular weight is 502 g/mol. The van der Waals surface area contributed by atoms with Gasteiger partial charge < -0.3 is 14.8 Å². The zero-order valence-corrected chi connectivity index (χ0v) is 23.8. The number of methoxy groups -OCH3 is 2. The van der Waals surface area contributed by atoms with Gasteiger partial charge >= 0.3 is 0 Å². The van der Waals surface area contributed by atoms with E-state index in [1.165, 1.54) is 96.3 Å². The lowest BCUT2D eigenvalue weighted by molar-refractivity contribution is -0.121. The van der Waals surface area contributed by atoms with Crippen molar-refractivity contribution in [1.82, 2.24) is 5.32 Å². The lowest BCUT2D eigenvalue weighted by Gasteiger charge is -2.11. The van der Waals surface area contributed by atoms with Crippen molar-refractivity contribution in [2.24, 2.45) is 0 Å². The largest absolute Gasteiger partial charge is 0.497 e. The lowest BCUT2D eigenvalue weighted by Crippen LogP contribution is -2.25. The molecule has 0 aliphatic rings. The third-order valence-electron chi connectivity index (χ3n) is 6.88. The number of carbonyl (C=O) groups excluding carboxylic acids is 1. The van der Waals surface area contributed by atoms with Crippen LogP contribution in [-0.4, -0.2) is 26.7 Å².